The second kappa shape index (κ2) is 6.07. The van der Waals surface area contributed by atoms with Crippen molar-refractivity contribution in [2.24, 2.45) is 0 Å². The number of aryl methyl sites for hydroxylation is 1. The van der Waals surface area contributed by atoms with E-state index in [1.54, 1.807) is 31.4 Å². The van der Waals surface area contributed by atoms with Crippen molar-refractivity contribution in [2.75, 3.05) is 12.4 Å². The molecule has 0 aliphatic carbocycles. The van der Waals surface area contributed by atoms with Crippen LogP contribution in [0.4, 0.5) is 10.1 Å². The lowest BCUT2D eigenvalue weighted by atomic mass is 10.0. The van der Waals surface area contributed by atoms with Crippen LogP contribution in [0.15, 0.2) is 42.5 Å². The third kappa shape index (κ3) is 2.89. The van der Waals surface area contributed by atoms with Crippen LogP contribution in [0.1, 0.15) is 17.2 Å². The second-order valence-corrected chi connectivity index (χ2v) is 4.43. The Morgan fingerprint density at radius 2 is 2.00 bits per heavy atom. The van der Waals surface area contributed by atoms with Gasteiger partial charge in [-0.3, -0.25) is 0 Å². The molecule has 0 aliphatic heterocycles. The normalized spacial score (nSPS) is 11.5. The summed E-state index contributed by atoms with van der Waals surface area (Å²) in [7, 11) is 1.55. The van der Waals surface area contributed by atoms with Gasteiger partial charge in [0.1, 0.15) is 17.6 Å². The molecule has 0 saturated heterocycles. The highest BCUT2D eigenvalue weighted by atomic mass is 19.1. The average molecular weight is 270 g/mol. The molecule has 1 atom stereocenters. The Hall–Kier alpha value is -2.54. The van der Waals surface area contributed by atoms with Gasteiger partial charge in [-0.15, -0.1) is 0 Å². The van der Waals surface area contributed by atoms with Crippen molar-refractivity contribution >= 4 is 5.69 Å². The number of para-hydroxylation sites is 2. The maximum absolute atomic E-state index is 13.9. The van der Waals surface area contributed by atoms with Gasteiger partial charge in [-0.25, -0.2) is 4.39 Å². The van der Waals surface area contributed by atoms with Crippen LogP contribution < -0.4 is 10.1 Å². The molecule has 0 spiro atoms. The van der Waals surface area contributed by atoms with E-state index in [9.17, 15) is 9.65 Å². The summed E-state index contributed by atoms with van der Waals surface area (Å²) >= 11 is 0. The Bertz CT molecular complexity index is 649. The standard InChI is InChI=1S/C16H15FN2O/c1-11-7-8-13(17)12(9-11)15(10-18)19-14-5-3-4-6-16(14)20-2/h3-9,15,19H,1-2H3. The number of hydrogen-bond acceptors (Lipinski definition) is 3. The topological polar surface area (TPSA) is 45.0 Å². The minimum absolute atomic E-state index is 0.332. The van der Waals surface area contributed by atoms with Gasteiger partial charge in [-0.1, -0.05) is 29.8 Å². The van der Waals surface area contributed by atoms with E-state index in [1.165, 1.54) is 6.07 Å². The van der Waals surface area contributed by atoms with Crippen molar-refractivity contribution in [3.05, 3.63) is 59.4 Å². The lowest BCUT2D eigenvalue weighted by Crippen LogP contribution is -2.11. The predicted molar refractivity (Wildman–Crippen MR) is 76.1 cm³/mol. The van der Waals surface area contributed by atoms with Crippen molar-refractivity contribution < 1.29 is 9.13 Å². The highest BCUT2D eigenvalue weighted by Crippen LogP contribution is 2.28. The highest BCUT2D eigenvalue weighted by Gasteiger charge is 2.16. The Kier molecular flexibility index (Phi) is 4.21. The van der Waals surface area contributed by atoms with Crippen LogP contribution in [0.25, 0.3) is 0 Å². The molecule has 3 nitrogen and oxygen atoms in total. The number of hydrogen-bond donors (Lipinski definition) is 1. The summed E-state index contributed by atoms with van der Waals surface area (Å²) in [5.74, 6) is 0.213. The van der Waals surface area contributed by atoms with E-state index in [0.29, 0.717) is 17.0 Å². The molecule has 0 amide bonds. The molecule has 2 aromatic rings. The van der Waals surface area contributed by atoms with E-state index in [2.05, 4.69) is 11.4 Å². The van der Waals surface area contributed by atoms with E-state index in [-0.39, 0.29) is 0 Å². The Morgan fingerprint density at radius 3 is 2.70 bits per heavy atom. The first-order valence-corrected chi connectivity index (χ1v) is 6.21. The molecule has 20 heavy (non-hydrogen) atoms. The van der Waals surface area contributed by atoms with Crippen molar-refractivity contribution in [2.45, 2.75) is 13.0 Å². The van der Waals surface area contributed by atoms with Crippen LogP contribution in [-0.4, -0.2) is 7.11 Å². The predicted octanol–water partition coefficient (Wildman–Crippen LogP) is 3.82. The lowest BCUT2D eigenvalue weighted by Gasteiger charge is -2.16. The summed E-state index contributed by atoms with van der Waals surface area (Å²) < 4.78 is 19.1. The van der Waals surface area contributed by atoms with E-state index in [1.807, 2.05) is 19.1 Å². The summed E-state index contributed by atoms with van der Waals surface area (Å²) in [6.07, 6.45) is 0. The molecule has 102 valence electrons. The third-order valence-electron chi connectivity index (χ3n) is 3.00. The van der Waals surface area contributed by atoms with E-state index in [0.717, 1.165) is 5.56 Å². The van der Waals surface area contributed by atoms with Crippen molar-refractivity contribution in [3.63, 3.8) is 0 Å². The molecule has 0 saturated carbocycles. The van der Waals surface area contributed by atoms with Crippen molar-refractivity contribution in [3.8, 4) is 11.8 Å². The molecule has 2 aromatic carbocycles. The van der Waals surface area contributed by atoms with Gasteiger partial charge in [0.05, 0.1) is 18.9 Å². The van der Waals surface area contributed by atoms with Crippen molar-refractivity contribution in [1.82, 2.24) is 0 Å². The summed E-state index contributed by atoms with van der Waals surface area (Å²) in [5, 5.41) is 12.3. The van der Waals surface area contributed by atoms with Crippen LogP contribution in [0, 0.1) is 24.1 Å². The lowest BCUT2D eigenvalue weighted by molar-refractivity contribution is 0.416. The Morgan fingerprint density at radius 1 is 1.25 bits per heavy atom. The van der Waals surface area contributed by atoms with Gasteiger partial charge in [0.15, 0.2) is 0 Å². The second-order valence-electron chi connectivity index (χ2n) is 4.43. The number of nitrogens with one attached hydrogen (secondary N) is 1. The number of anilines is 1. The molecule has 4 heteroatoms. The molecular formula is C16H15FN2O. The number of methoxy groups -OCH3 is 1. The zero-order valence-electron chi connectivity index (χ0n) is 11.4. The average Bonchev–Trinajstić information content (AvgIpc) is 2.48. The summed E-state index contributed by atoms with van der Waals surface area (Å²) in [4.78, 5) is 0. The molecule has 0 aromatic heterocycles. The molecule has 2 rings (SSSR count). The minimum Gasteiger partial charge on any atom is -0.495 e. The van der Waals surface area contributed by atoms with Crippen LogP contribution in [0.2, 0.25) is 0 Å². The Balaban J connectivity index is 2.34. The third-order valence-corrected chi connectivity index (χ3v) is 3.00. The van der Waals surface area contributed by atoms with Gasteiger partial charge in [0, 0.05) is 5.56 Å². The molecule has 0 fully saturated rings. The maximum atomic E-state index is 13.9. The monoisotopic (exact) mass is 270 g/mol. The molecule has 0 aliphatic rings. The SMILES string of the molecule is COc1ccccc1NC(C#N)c1cc(C)ccc1F. The fraction of sp³-hybridized carbons (Fsp3) is 0.188. The first kappa shape index (κ1) is 13.9. The number of benzene rings is 2. The van der Waals surface area contributed by atoms with Crippen LogP contribution in [0.5, 0.6) is 5.75 Å². The molecular weight excluding hydrogens is 255 g/mol. The smallest absolute Gasteiger partial charge is 0.143 e. The quantitative estimate of drug-likeness (QED) is 0.918. The van der Waals surface area contributed by atoms with Crippen LogP contribution >= 0.6 is 0 Å². The number of nitrogens with zero attached hydrogens (tertiary/aromatic N) is 1. The molecule has 0 heterocycles. The van der Waals surface area contributed by atoms with Crippen LogP contribution in [0.3, 0.4) is 0 Å². The Labute approximate surface area is 117 Å². The van der Waals surface area contributed by atoms with Gasteiger partial charge >= 0.3 is 0 Å². The zero-order chi connectivity index (χ0) is 14.5. The largest absolute Gasteiger partial charge is 0.495 e. The van der Waals surface area contributed by atoms with Gasteiger partial charge in [-0.2, -0.15) is 5.26 Å². The number of halogens is 1. The molecule has 0 radical (unpaired) electrons. The van der Waals surface area contributed by atoms with Gasteiger partial charge in [-0.05, 0) is 25.1 Å². The fourth-order valence-electron chi connectivity index (χ4n) is 1.98. The highest BCUT2D eigenvalue weighted by molar-refractivity contribution is 5.58. The number of nitriles is 1. The summed E-state index contributed by atoms with van der Waals surface area (Å²) in [6.45, 7) is 1.86. The van der Waals surface area contributed by atoms with Gasteiger partial charge in [0.2, 0.25) is 0 Å². The van der Waals surface area contributed by atoms with E-state index >= 15 is 0 Å². The maximum Gasteiger partial charge on any atom is 0.143 e. The first-order chi connectivity index (χ1) is 9.65. The summed E-state index contributed by atoms with van der Waals surface area (Å²) in [6, 6.07) is 13.3. The fourth-order valence-corrected chi connectivity index (χ4v) is 1.98. The molecule has 1 unspecified atom stereocenters. The summed E-state index contributed by atoms with van der Waals surface area (Å²) in [5.41, 5.74) is 1.89. The van der Waals surface area contributed by atoms with Crippen LogP contribution in [-0.2, 0) is 0 Å². The number of ether oxygens (including phenoxy) is 1. The van der Waals surface area contributed by atoms with E-state index in [4.69, 9.17) is 4.74 Å². The minimum atomic E-state index is -0.772. The first-order valence-electron chi connectivity index (χ1n) is 6.21. The molecule has 0 bridgehead atoms. The number of rotatable bonds is 4. The van der Waals surface area contributed by atoms with E-state index < -0.39 is 11.9 Å². The molecule has 1 N–H and O–H groups in total. The zero-order valence-corrected chi connectivity index (χ0v) is 11.4. The van der Waals surface area contributed by atoms with Crippen molar-refractivity contribution in [1.29, 1.82) is 5.26 Å². The van der Waals surface area contributed by atoms with Gasteiger partial charge in [0.25, 0.3) is 0 Å². The van der Waals surface area contributed by atoms with Gasteiger partial charge < -0.3 is 10.1 Å².